The van der Waals surface area contributed by atoms with E-state index < -0.39 is 0 Å². The van der Waals surface area contributed by atoms with Gasteiger partial charge in [-0.2, -0.15) is 0 Å². The second-order valence-corrected chi connectivity index (χ2v) is 7.19. The van der Waals surface area contributed by atoms with E-state index in [9.17, 15) is 4.39 Å². The molecule has 0 aromatic heterocycles. The molecule has 0 unspecified atom stereocenters. The molecule has 6 heteroatoms. The average molecular weight is 460 g/mol. The molecule has 152 valence electrons. The maximum atomic E-state index is 13.0. The normalized spacial score (nSPS) is 10.5. The third-order valence-electron chi connectivity index (χ3n) is 4.25. The van der Waals surface area contributed by atoms with Gasteiger partial charge in [0.25, 0.3) is 0 Å². The molecular weight excluding hydrogens is 437 g/mol. The van der Waals surface area contributed by atoms with Gasteiger partial charge in [-0.3, -0.25) is 0 Å². The van der Waals surface area contributed by atoms with Gasteiger partial charge in [-0.1, -0.05) is 12.1 Å². The van der Waals surface area contributed by atoms with Crippen LogP contribution in [-0.4, -0.2) is 13.7 Å². The Balaban J connectivity index is 1.66. The van der Waals surface area contributed by atoms with Crippen molar-refractivity contribution in [3.63, 3.8) is 0 Å². The van der Waals surface area contributed by atoms with Gasteiger partial charge in [0.2, 0.25) is 0 Å². The first-order valence-electron chi connectivity index (χ1n) is 9.29. The van der Waals surface area contributed by atoms with Crippen LogP contribution in [-0.2, 0) is 13.2 Å². The Labute approximate surface area is 178 Å². The van der Waals surface area contributed by atoms with Crippen LogP contribution in [0.3, 0.4) is 0 Å². The van der Waals surface area contributed by atoms with Gasteiger partial charge in [-0.15, -0.1) is 0 Å². The van der Waals surface area contributed by atoms with Crippen LogP contribution in [0.1, 0.15) is 18.1 Å². The summed E-state index contributed by atoms with van der Waals surface area (Å²) in [6, 6.07) is 18.0. The summed E-state index contributed by atoms with van der Waals surface area (Å²) in [6.07, 6.45) is 0. The number of hydrogen-bond acceptors (Lipinski definition) is 4. The smallest absolute Gasteiger partial charge is 0.175 e. The molecule has 0 aliphatic rings. The van der Waals surface area contributed by atoms with Crippen molar-refractivity contribution in [2.24, 2.45) is 0 Å². The molecule has 0 aliphatic heterocycles. The molecule has 0 radical (unpaired) electrons. The lowest BCUT2D eigenvalue weighted by Gasteiger charge is -2.15. The zero-order valence-electron chi connectivity index (χ0n) is 16.4. The Morgan fingerprint density at radius 3 is 2.31 bits per heavy atom. The minimum absolute atomic E-state index is 0.267. The van der Waals surface area contributed by atoms with E-state index in [-0.39, 0.29) is 5.82 Å². The number of rotatable bonds is 9. The van der Waals surface area contributed by atoms with Crippen LogP contribution in [0.15, 0.2) is 65.1 Å². The van der Waals surface area contributed by atoms with E-state index in [0.29, 0.717) is 31.3 Å². The largest absolute Gasteiger partial charge is 0.494 e. The fourth-order valence-corrected chi connectivity index (χ4v) is 3.40. The Morgan fingerprint density at radius 1 is 0.931 bits per heavy atom. The molecule has 3 aromatic carbocycles. The van der Waals surface area contributed by atoms with Crippen LogP contribution in [0.4, 0.5) is 10.1 Å². The SMILES string of the molecule is CCOc1ccc(NCc2cc(Br)c(OCc3ccc(F)cc3)c(OC)c2)cc1. The van der Waals surface area contributed by atoms with Crippen LogP contribution < -0.4 is 19.5 Å². The van der Waals surface area contributed by atoms with Gasteiger partial charge < -0.3 is 19.5 Å². The van der Waals surface area contributed by atoms with Crippen LogP contribution in [0, 0.1) is 5.82 Å². The van der Waals surface area contributed by atoms with Crippen molar-refractivity contribution in [1.29, 1.82) is 0 Å². The van der Waals surface area contributed by atoms with E-state index in [4.69, 9.17) is 14.2 Å². The Bertz CT molecular complexity index is 930. The molecule has 0 heterocycles. The lowest BCUT2D eigenvalue weighted by Crippen LogP contribution is -2.03. The minimum Gasteiger partial charge on any atom is -0.494 e. The summed E-state index contributed by atoms with van der Waals surface area (Å²) in [5.41, 5.74) is 2.92. The molecule has 0 fully saturated rings. The number of nitrogens with one attached hydrogen (secondary N) is 1. The van der Waals surface area contributed by atoms with E-state index >= 15 is 0 Å². The Kier molecular flexibility index (Phi) is 7.36. The molecule has 0 saturated heterocycles. The topological polar surface area (TPSA) is 39.7 Å². The van der Waals surface area contributed by atoms with Crippen molar-refractivity contribution in [3.05, 3.63) is 82.1 Å². The first kappa shape index (κ1) is 21.0. The summed E-state index contributed by atoms with van der Waals surface area (Å²) in [7, 11) is 1.61. The number of halogens is 2. The van der Waals surface area contributed by atoms with Gasteiger partial charge in [-0.25, -0.2) is 4.39 Å². The predicted molar refractivity (Wildman–Crippen MR) is 116 cm³/mol. The monoisotopic (exact) mass is 459 g/mol. The molecule has 4 nitrogen and oxygen atoms in total. The highest BCUT2D eigenvalue weighted by molar-refractivity contribution is 9.10. The molecule has 0 atom stereocenters. The fraction of sp³-hybridized carbons (Fsp3) is 0.217. The summed E-state index contributed by atoms with van der Waals surface area (Å²) in [6.45, 7) is 3.56. The van der Waals surface area contributed by atoms with Crippen molar-refractivity contribution in [3.8, 4) is 17.2 Å². The quantitative estimate of drug-likeness (QED) is 0.414. The van der Waals surface area contributed by atoms with E-state index in [1.165, 1.54) is 12.1 Å². The Hall–Kier alpha value is -2.73. The standard InChI is InChI=1S/C23H23BrFNO3/c1-3-28-20-10-8-19(9-11-20)26-14-17-12-21(24)23(22(13-17)27-2)29-15-16-4-6-18(25)7-5-16/h4-13,26H,3,14-15H2,1-2H3. The van der Waals surface area contributed by atoms with E-state index in [2.05, 4.69) is 21.2 Å². The van der Waals surface area contributed by atoms with Crippen LogP contribution in [0.5, 0.6) is 17.2 Å². The molecule has 0 spiro atoms. The predicted octanol–water partition coefficient (Wildman–Crippen LogP) is 6.19. The van der Waals surface area contributed by atoms with Gasteiger partial charge in [0.15, 0.2) is 11.5 Å². The molecule has 3 aromatic rings. The minimum atomic E-state index is -0.267. The van der Waals surface area contributed by atoms with Crippen LogP contribution in [0.25, 0.3) is 0 Å². The van der Waals surface area contributed by atoms with Crippen molar-refractivity contribution >= 4 is 21.6 Å². The molecule has 0 saturated carbocycles. The molecule has 0 bridgehead atoms. The van der Waals surface area contributed by atoms with Gasteiger partial charge in [0, 0.05) is 12.2 Å². The first-order valence-corrected chi connectivity index (χ1v) is 10.1. The van der Waals surface area contributed by atoms with Gasteiger partial charge >= 0.3 is 0 Å². The van der Waals surface area contributed by atoms with Gasteiger partial charge in [0.1, 0.15) is 18.2 Å². The van der Waals surface area contributed by atoms with Gasteiger partial charge in [-0.05, 0) is 82.5 Å². The van der Waals surface area contributed by atoms with Crippen molar-refractivity contribution in [1.82, 2.24) is 0 Å². The zero-order valence-corrected chi connectivity index (χ0v) is 18.0. The molecule has 0 aliphatic carbocycles. The number of ether oxygens (including phenoxy) is 3. The summed E-state index contributed by atoms with van der Waals surface area (Å²) < 4.78 is 30.7. The third-order valence-corrected chi connectivity index (χ3v) is 4.84. The average Bonchev–Trinajstić information content (AvgIpc) is 2.73. The summed E-state index contributed by atoms with van der Waals surface area (Å²) in [5.74, 6) is 1.83. The fourth-order valence-electron chi connectivity index (χ4n) is 2.79. The van der Waals surface area contributed by atoms with Crippen LogP contribution >= 0.6 is 15.9 Å². The van der Waals surface area contributed by atoms with Crippen molar-refractivity contribution in [2.45, 2.75) is 20.1 Å². The Morgan fingerprint density at radius 2 is 1.66 bits per heavy atom. The lowest BCUT2D eigenvalue weighted by atomic mass is 10.2. The highest BCUT2D eigenvalue weighted by Crippen LogP contribution is 2.37. The number of benzene rings is 3. The van der Waals surface area contributed by atoms with E-state index in [1.54, 1.807) is 19.2 Å². The second kappa shape index (κ2) is 10.2. The maximum Gasteiger partial charge on any atom is 0.175 e. The van der Waals surface area contributed by atoms with E-state index in [0.717, 1.165) is 27.0 Å². The highest BCUT2D eigenvalue weighted by atomic mass is 79.9. The molecular formula is C23H23BrFNO3. The summed E-state index contributed by atoms with van der Waals surface area (Å²) in [5, 5.41) is 3.38. The lowest BCUT2D eigenvalue weighted by molar-refractivity contribution is 0.282. The molecule has 1 N–H and O–H groups in total. The van der Waals surface area contributed by atoms with Crippen molar-refractivity contribution < 1.29 is 18.6 Å². The number of methoxy groups -OCH3 is 1. The maximum absolute atomic E-state index is 13.0. The first-order chi connectivity index (χ1) is 14.1. The number of anilines is 1. The highest BCUT2D eigenvalue weighted by Gasteiger charge is 2.12. The summed E-state index contributed by atoms with van der Waals surface area (Å²) in [4.78, 5) is 0. The van der Waals surface area contributed by atoms with Crippen LogP contribution in [0.2, 0.25) is 0 Å². The number of hydrogen-bond donors (Lipinski definition) is 1. The zero-order chi connectivity index (χ0) is 20.6. The van der Waals surface area contributed by atoms with E-state index in [1.807, 2.05) is 43.3 Å². The third kappa shape index (κ3) is 5.87. The molecule has 0 amide bonds. The van der Waals surface area contributed by atoms with Gasteiger partial charge in [0.05, 0.1) is 18.2 Å². The molecule has 29 heavy (non-hydrogen) atoms. The second-order valence-electron chi connectivity index (χ2n) is 6.34. The molecule has 3 rings (SSSR count). The summed E-state index contributed by atoms with van der Waals surface area (Å²) >= 11 is 3.57. The van der Waals surface area contributed by atoms with Crippen molar-refractivity contribution in [2.75, 3.05) is 19.0 Å².